The molecule has 2 unspecified atom stereocenters. The van der Waals surface area contributed by atoms with Gasteiger partial charge in [-0.3, -0.25) is 4.79 Å². The van der Waals surface area contributed by atoms with Crippen LogP contribution in [-0.2, 0) is 16.1 Å². The van der Waals surface area contributed by atoms with Crippen molar-refractivity contribution in [1.29, 1.82) is 0 Å². The fourth-order valence-corrected chi connectivity index (χ4v) is 2.38. The van der Waals surface area contributed by atoms with Crippen LogP contribution in [0.2, 0.25) is 0 Å². The summed E-state index contributed by atoms with van der Waals surface area (Å²) in [5.41, 5.74) is 6.60. The van der Waals surface area contributed by atoms with Crippen molar-refractivity contribution >= 4 is 17.9 Å². The van der Waals surface area contributed by atoms with E-state index < -0.39 is 24.1 Å². The number of carboxylic acid groups (broad SMARTS) is 1. The van der Waals surface area contributed by atoms with E-state index in [1.165, 1.54) is 0 Å². The Morgan fingerprint density at radius 1 is 1.28 bits per heavy atom. The van der Waals surface area contributed by atoms with Crippen LogP contribution in [0.5, 0.6) is 0 Å². The molecular weight excluding hydrogens is 324 g/mol. The van der Waals surface area contributed by atoms with Gasteiger partial charge in [-0.25, -0.2) is 15.2 Å². The van der Waals surface area contributed by atoms with Crippen molar-refractivity contribution in [2.24, 2.45) is 16.8 Å². The number of hydrogen-bond acceptors (Lipinski definition) is 6. The number of carboxylic acids is 1. The van der Waals surface area contributed by atoms with Gasteiger partial charge in [0.25, 0.3) is 0 Å². The number of ether oxygens (including phenoxy) is 1. The lowest BCUT2D eigenvalue weighted by Gasteiger charge is -2.25. The topological polar surface area (TPSA) is 112 Å². The van der Waals surface area contributed by atoms with Gasteiger partial charge in [0, 0.05) is 0 Å². The van der Waals surface area contributed by atoms with Gasteiger partial charge in [0.15, 0.2) is 0 Å². The smallest absolute Gasteiger partial charge is 0.407 e. The number of amides is 1. The van der Waals surface area contributed by atoms with Gasteiger partial charge in [-0.1, -0.05) is 44.2 Å². The van der Waals surface area contributed by atoms with Gasteiger partial charge in [0.2, 0.25) is 0 Å². The average Bonchev–Trinajstić information content (AvgIpc) is 3.07. The summed E-state index contributed by atoms with van der Waals surface area (Å²) in [7, 11) is 0. The maximum atomic E-state index is 12.1. The summed E-state index contributed by atoms with van der Waals surface area (Å²) in [6, 6.07) is 9.04. The Bertz CT molecular complexity index is 633. The van der Waals surface area contributed by atoms with Crippen molar-refractivity contribution in [3.63, 3.8) is 0 Å². The average molecular weight is 348 g/mol. The highest BCUT2D eigenvalue weighted by atomic mass is 16.5. The van der Waals surface area contributed by atoms with Gasteiger partial charge in [-0.05, 0) is 18.4 Å². The van der Waals surface area contributed by atoms with Crippen LogP contribution in [0.3, 0.4) is 0 Å². The summed E-state index contributed by atoms with van der Waals surface area (Å²) in [4.78, 5) is 27.5. The van der Waals surface area contributed by atoms with Crippen molar-refractivity contribution in [2.75, 3.05) is 0 Å². The summed E-state index contributed by atoms with van der Waals surface area (Å²) < 4.78 is 5.24. The Balaban J connectivity index is 1.94. The number of alkyl carbamates (subject to hydrolysis) is 1. The molecule has 0 bridgehead atoms. The number of aliphatic imine (C=N–C) groups is 1. The number of aliphatic carboxylic acids is 1. The fraction of sp³-hybridized carbons (Fsp3) is 0.471. The molecule has 1 aliphatic heterocycles. The number of nitrogens with one attached hydrogen (secondary N) is 3. The van der Waals surface area contributed by atoms with Gasteiger partial charge >= 0.3 is 12.1 Å². The van der Waals surface area contributed by atoms with E-state index in [-0.39, 0.29) is 18.6 Å². The quantitative estimate of drug-likeness (QED) is 0.594. The van der Waals surface area contributed by atoms with Gasteiger partial charge in [0.1, 0.15) is 24.5 Å². The van der Waals surface area contributed by atoms with E-state index in [1.807, 2.05) is 44.2 Å². The largest absolute Gasteiger partial charge is 0.481 e. The highest BCUT2D eigenvalue weighted by Crippen LogP contribution is 2.13. The highest BCUT2D eigenvalue weighted by Gasteiger charge is 2.32. The van der Waals surface area contributed by atoms with E-state index in [9.17, 15) is 9.59 Å². The zero-order valence-electron chi connectivity index (χ0n) is 14.5. The van der Waals surface area contributed by atoms with Gasteiger partial charge in [-0.2, -0.15) is 0 Å². The lowest BCUT2D eigenvalue weighted by molar-refractivity contribution is -0.138. The number of benzene rings is 1. The third-order valence-corrected chi connectivity index (χ3v) is 3.96. The minimum Gasteiger partial charge on any atom is -0.481 e. The summed E-state index contributed by atoms with van der Waals surface area (Å²) in [5.74, 6) is -1.32. The Morgan fingerprint density at radius 3 is 2.56 bits per heavy atom. The number of hydrogen-bond donors (Lipinski definition) is 4. The molecule has 8 heteroatoms. The zero-order chi connectivity index (χ0) is 18.4. The summed E-state index contributed by atoms with van der Waals surface area (Å²) in [6.45, 7) is 5.61. The highest BCUT2D eigenvalue weighted by molar-refractivity contribution is 6.00. The van der Waals surface area contributed by atoms with Crippen LogP contribution in [-0.4, -0.2) is 35.2 Å². The molecule has 0 radical (unpaired) electrons. The van der Waals surface area contributed by atoms with E-state index in [1.54, 1.807) is 6.92 Å². The van der Waals surface area contributed by atoms with Crippen LogP contribution in [0.25, 0.3) is 0 Å². The monoisotopic (exact) mass is 348 g/mol. The van der Waals surface area contributed by atoms with Gasteiger partial charge in [0.05, 0.1) is 6.04 Å². The molecule has 1 aromatic rings. The third-order valence-electron chi connectivity index (χ3n) is 3.96. The Kier molecular flexibility index (Phi) is 6.35. The number of amidine groups is 1. The summed E-state index contributed by atoms with van der Waals surface area (Å²) in [5, 5.41) is 11.9. The molecule has 4 N–H and O–H groups in total. The van der Waals surface area contributed by atoms with E-state index >= 15 is 0 Å². The number of carbonyl (C=O) groups excluding carboxylic acids is 1. The number of nitrogens with zero attached hydrogens (tertiary/aromatic N) is 1. The first-order valence-corrected chi connectivity index (χ1v) is 8.17. The molecule has 1 aromatic carbocycles. The lowest BCUT2D eigenvalue weighted by Crippen LogP contribution is -2.52. The van der Waals surface area contributed by atoms with E-state index in [0.717, 1.165) is 5.56 Å². The number of rotatable bonds is 7. The van der Waals surface area contributed by atoms with Crippen molar-refractivity contribution in [2.45, 2.75) is 39.6 Å². The molecule has 0 spiro atoms. The molecular formula is C17H24N4O4. The van der Waals surface area contributed by atoms with Crippen molar-refractivity contribution in [1.82, 2.24) is 16.2 Å². The fourth-order valence-electron chi connectivity index (χ4n) is 2.38. The molecule has 136 valence electrons. The predicted molar refractivity (Wildman–Crippen MR) is 92.7 cm³/mol. The van der Waals surface area contributed by atoms with Crippen LogP contribution in [0.4, 0.5) is 4.79 Å². The minimum absolute atomic E-state index is 0.0619. The minimum atomic E-state index is -0.968. The second-order valence-corrected chi connectivity index (χ2v) is 6.26. The second-order valence-electron chi connectivity index (χ2n) is 6.26. The maximum Gasteiger partial charge on any atom is 0.407 e. The molecule has 1 aliphatic rings. The standard InChI is InChI=1S/C17H24N4O4/c1-10(2)13(15-19-14(20-21-15)11(3)16(22)23)18-17(24)25-9-12-7-5-4-6-8-12/h4-8,10-11,13,15,21H,9H2,1-3H3,(H,18,24)(H,19,20)(H,22,23)/t11?,13-,15?/m0/s1. The second kappa shape index (κ2) is 8.48. The zero-order valence-corrected chi connectivity index (χ0v) is 14.5. The first-order chi connectivity index (χ1) is 11.9. The van der Waals surface area contributed by atoms with Crippen molar-refractivity contribution < 1.29 is 19.4 Å². The Labute approximate surface area is 146 Å². The molecule has 1 amide bonds. The first-order valence-electron chi connectivity index (χ1n) is 8.17. The van der Waals surface area contributed by atoms with Gasteiger partial charge < -0.3 is 20.6 Å². The van der Waals surface area contributed by atoms with E-state index in [4.69, 9.17) is 9.84 Å². The van der Waals surface area contributed by atoms with E-state index in [0.29, 0.717) is 5.84 Å². The lowest BCUT2D eigenvalue weighted by atomic mass is 10.0. The summed E-state index contributed by atoms with van der Waals surface area (Å²) >= 11 is 0. The Morgan fingerprint density at radius 2 is 1.96 bits per heavy atom. The van der Waals surface area contributed by atoms with Crippen LogP contribution < -0.4 is 16.2 Å². The first kappa shape index (κ1) is 18.7. The van der Waals surface area contributed by atoms with Crippen molar-refractivity contribution in [3.8, 4) is 0 Å². The Hall–Kier alpha value is -2.61. The van der Waals surface area contributed by atoms with Gasteiger partial charge in [-0.15, -0.1) is 0 Å². The molecule has 0 saturated heterocycles. The van der Waals surface area contributed by atoms with Crippen LogP contribution in [0.1, 0.15) is 26.3 Å². The molecule has 25 heavy (non-hydrogen) atoms. The number of hydrazine groups is 1. The maximum absolute atomic E-state index is 12.1. The van der Waals surface area contributed by atoms with Crippen LogP contribution in [0.15, 0.2) is 35.3 Å². The van der Waals surface area contributed by atoms with Crippen LogP contribution >= 0.6 is 0 Å². The number of carbonyl (C=O) groups is 2. The molecule has 1 heterocycles. The molecule has 2 rings (SSSR count). The molecule has 0 aliphatic carbocycles. The normalized spacial score (nSPS) is 18.9. The summed E-state index contributed by atoms with van der Waals surface area (Å²) in [6.07, 6.45) is -1.01. The van der Waals surface area contributed by atoms with Crippen molar-refractivity contribution in [3.05, 3.63) is 35.9 Å². The third kappa shape index (κ3) is 5.18. The van der Waals surface area contributed by atoms with E-state index in [2.05, 4.69) is 21.2 Å². The molecule has 3 atom stereocenters. The SMILES string of the molecule is CC(C(=O)O)C1=NC([C@@H](NC(=O)OCc2ccccc2)C(C)C)NN1. The molecule has 0 fully saturated rings. The molecule has 0 saturated carbocycles. The molecule has 8 nitrogen and oxygen atoms in total. The van der Waals surface area contributed by atoms with Crippen LogP contribution in [0, 0.1) is 11.8 Å². The molecule has 0 aromatic heterocycles. The predicted octanol–water partition coefficient (Wildman–Crippen LogP) is 1.49.